The molecule has 0 aliphatic heterocycles. The second kappa shape index (κ2) is 6.49. The summed E-state index contributed by atoms with van der Waals surface area (Å²) in [4.78, 5) is 12.3. The summed E-state index contributed by atoms with van der Waals surface area (Å²) in [6.45, 7) is 6.71. The predicted octanol–water partition coefficient (Wildman–Crippen LogP) is 3.77. The van der Waals surface area contributed by atoms with Crippen molar-refractivity contribution in [3.63, 3.8) is 0 Å². The number of carboxylic acid groups (broad SMARTS) is 1. The van der Waals surface area contributed by atoms with Gasteiger partial charge in [0.05, 0.1) is 16.4 Å². The normalized spacial score (nSPS) is 10.9. The maximum absolute atomic E-state index is 11.2. The second-order valence-electron chi connectivity index (χ2n) is 4.52. The molecule has 0 unspecified atom stereocenters. The van der Waals surface area contributed by atoms with Crippen molar-refractivity contribution in [2.45, 2.75) is 40.3 Å². The molecule has 0 amide bonds. The zero-order valence-electron chi connectivity index (χ0n) is 12.1. The molecular formula is C14H17ClN2O3S. The zero-order chi connectivity index (χ0) is 15.6. The molecule has 7 heteroatoms. The van der Waals surface area contributed by atoms with Gasteiger partial charge >= 0.3 is 5.97 Å². The molecule has 2 heterocycles. The molecule has 0 saturated heterocycles. The summed E-state index contributed by atoms with van der Waals surface area (Å²) in [6.07, 6.45) is 0.747. The third-order valence-electron chi connectivity index (χ3n) is 3.07. The van der Waals surface area contributed by atoms with E-state index in [1.165, 1.54) is 11.3 Å². The van der Waals surface area contributed by atoms with E-state index in [0.717, 1.165) is 22.7 Å². The third kappa shape index (κ3) is 3.22. The topological polar surface area (TPSA) is 64.4 Å². The largest absolute Gasteiger partial charge is 0.485 e. The maximum Gasteiger partial charge on any atom is 0.349 e. The van der Waals surface area contributed by atoms with E-state index in [0.29, 0.717) is 17.3 Å². The summed E-state index contributed by atoms with van der Waals surface area (Å²) in [6, 6.07) is 1.73. The van der Waals surface area contributed by atoms with Crippen molar-refractivity contribution < 1.29 is 14.6 Å². The molecule has 0 aromatic carbocycles. The number of carboxylic acids is 1. The fraction of sp³-hybridized carbons (Fsp3) is 0.429. The highest BCUT2D eigenvalue weighted by Gasteiger charge is 2.18. The van der Waals surface area contributed by atoms with E-state index < -0.39 is 5.97 Å². The van der Waals surface area contributed by atoms with E-state index in [9.17, 15) is 4.79 Å². The van der Waals surface area contributed by atoms with Crippen LogP contribution in [0.5, 0.6) is 5.75 Å². The zero-order valence-corrected chi connectivity index (χ0v) is 13.7. The van der Waals surface area contributed by atoms with E-state index >= 15 is 0 Å². The molecule has 0 spiro atoms. The molecule has 2 aromatic heterocycles. The number of aromatic carboxylic acids is 1. The average Bonchev–Trinajstić information content (AvgIpc) is 2.97. The van der Waals surface area contributed by atoms with E-state index in [2.05, 4.69) is 5.10 Å². The van der Waals surface area contributed by atoms with Crippen molar-refractivity contribution in [1.29, 1.82) is 0 Å². The molecule has 2 rings (SSSR count). The smallest absolute Gasteiger partial charge is 0.349 e. The minimum absolute atomic E-state index is 0.204. The Hall–Kier alpha value is -1.53. The SMILES string of the molecule is CCc1nn(CC)c(COc2cc(C)sc2C(=O)O)c1Cl. The fourth-order valence-electron chi connectivity index (χ4n) is 2.05. The summed E-state index contributed by atoms with van der Waals surface area (Å²) in [5.74, 6) is -0.601. The predicted molar refractivity (Wildman–Crippen MR) is 82.6 cm³/mol. The Morgan fingerprint density at radius 2 is 2.24 bits per heavy atom. The Labute approximate surface area is 132 Å². The van der Waals surface area contributed by atoms with Gasteiger partial charge in [-0.1, -0.05) is 18.5 Å². The number of nitrogens with zero attached hydrogens (tertiary/aromatic N) is 2. The standard InChI is InChI=1S/C14H17ClN2O3S/c1-4-9-12(15)10(17(5-2)16-9)7-20-11-6-8(3)21-13(11)14(18)19/h6H,4-5,7H2,1-3H3,(H,18,19). The molecule has 0 atom stereocenters. The van der Waals surface area contributed by atoms with Crippen LogP contribution in [0, 0.1) is 6.92 Å². The number of aryl methyl sites for hydroxylation is 3. The fourth-order valence-corrected chi connectivity index (χ4v) is 3.17. The van der Waals surface area contributed by atoms with Gasteiger partial charge in [0.25, 0.3) is 0 Å². The van der Waals surface area contributed by atoms with Gasteiger partial charge in [0.15, 0.2) is 4.88 Å². The van der Waals surface area contributed by atoms with Crippen LogP contribution in [0.25, 0.3) is 0 Å². The molecule has 0 saturated carbocycles. The van der Waals surface area contributed by atoms with Crippen molar-refractivity contribution in [3.8, 4) is 5.75 Å². The first-order valence-electron chi connectivity index (χ1n) is 6.68. The van der Waals surface area contributed by atoms with Crippen LogP contribution in [0.15, 0.2) is 6.07 Å². The van der Waals surface area contributed by atoms with Crippen molar-refractivity contribution >= 4 is 28.9 Å². The van der Waals surface area contributed by atoms with Gasteiger partial charge in [-0.2, -0.15) is 5.10 Å². The Morgan fingerprint density at radius 1 is 1.52 bits per heavy atom. The maximum atomic E-state index is 11.2. The number of aromatic nitrogens is 2. The van der Waals surface area contributed by atoms with E-state index in [1.54, 1.807) is 10.7 Å². The molecule has 0 aliphatic rings. The molecule has 0 fully saturated rings. The molecule has 5 nitrogen and oxygen atoms in total. The van der Waals surface area contributed by atoms with E-state index in [1.807, 2.05) is 20.8 Å². The first kappa shape index (κ1) is 15.9. The van der Waals surface area contributed by atoms with E-state index in [-0.39, 0.29) is 11.5 Å². The Morgan fingerprint density at radius 3 is 2.81 bits per heavy atom. The van der Waals surface area contributed by atoms with Gasteiger partial charge in [-0.15, -0.1) is 11.3 Å². The van der Waals surface area contributed by atoms with Crippen LogP contribution in [0.4, 0.5) is 0 Å². The van der Waals surface area contributed by atoms with Gasteiger partial charge in [-0.3, -0.25) is 4.68 Å². The van der Waals surface area contributed by atoms with Crippen LogP contribution in [0.1, 0.15) is 39.8 Å². The Kier molecular flexibility index (Phi) is 4.90. The van der Waals surface area contributed by atoms with Crippen LogP contribution in [-0.4, -0.2) is 20.9 Å². The van der Waals surface area contributed by atoms with Gasteiger partial charge in [0.1, 0.15) is 12.4 Å². The van der Waals surface area contributed by atoms with Gasteiger partial charge in [-0.25, -0.2) is 4.79 Å². The monoisotopic (exact) mass is 328 g/mol. The lowest BCUT2D eigenvalue weighted by Gasteiger charge is -2.07. The van der Waals surface area contributed by atoms with Crippen LogP contribution >= 0.6 is 22.9 Å². The molecule has 0 radical (unpaired) electrons. The van der Waals surface area contributed by atoms with Crippen molar-refractivity contribution in [1.82, 2.24) is 9.78 Å². The van der Waals surface area contributed by atoms with Gasteiger partial charge in [0, 0.05) is 11.4 Å². The summed E-state index contributed by atoms with van der Waals surface area (Å²) in [5.41, 5.74) is 1.60. The number of halogens is 1. The number of hydrogen-bond donors (Lipinski definition) is 1. The number of carbonyl (C=O) groups is 1. The molecule has 0 bridgehead atoms. The van der Waals surface area contributed by atoms with Crippen LogP contribution < -0.4 is 4.74 Å². The molecule has 114 valence electrons. The van der Waals surface area contributed by atoms with Crippen molar-refractivity contribution in [2.24, 2.45) is 0 Å². The third-order valence-corrected chi connectivity index (χ3v) is 4.53. The molecule has 1 N–H and O–H groups in total. The lowest BCUT2D eigenvalue weighted by Crippen LogP contribution is -2.07. The Bertz CT molecular complexity index is 663. The molecular weight excluding hydrogens is 312 g/mol. The highest BCUT2D eigenvalue weighted by atomic mass is 35.5. The number of hydrogen-bond acceptors (Lipinski definition) is 4. The quantitative estimate of drug-likeness (QED) is 0.876. The van der Waals surface area contributed by atoms with Crippen molar-refractivity contribution in [3.05, 3.63) is 32.2 Å². The van der Waals surface area contributed by atoms with E-state index in [4.69, 9.17) is 21.4 Å². The molecule has 0 aliphatic carbocycles. The van der Waals surface area contributed by atoms with Gasteiger partial charge in [-0.05, 0) is 26.3 Å². The van der Waals surface area contributed by atoms with Gasteiger partial charge < -0.3 is 9.84 Å². The summed E-state index contributed by atoms with van der Waals surface area (Å²) < 4.78 is 7.46. The number of ether oxygens (including phenoxy) is 1. The first-order chi connectivity index (χ1) is 9.97. The first-order valence-corrected chi connectivity index (χ1v) is 7.87. The van der Waals surface area contributed by atoms with Crippen LogP contribution in [0.3, 0.4) is 0 Å². The van der Waals surface area contributed by atoms with Gasteiger partial charge in [0.2, 0.25) is 0 Å². The lowest BCUT2D eigenvalue weighted by atomic mass is 10.3. The molecule has 21 heavy (non-hydrogen) atoms. The average molecular weight is 329 g/mol. The number of thiophene rings is 1. The Balaban J connectivity index is 2.24. The van der Waals surface area contributed by atoms with Crippen molar-refractivity contribution in [2.75, 3.05) is 0 Å². The molecule has 2 aromatic rings. The van der Waals surface area contributed by atoms with Crippen LogP contribution in [0.2, 0.25) is 5.02 Å². The lowest BCUT2D eigenvalue weighted by molar-refractivity contribution is 0.0697. The highest BCUT2D eigenvalue weighted by molar-refractivity contribution is 7.14. The highest BCUT2D eigenvalue weighted by Crippen LogP contribution is 2.30. The van der Waals surface area contributed by atoms with Crippen LogP contribution in [-0.2, 0) is 19.6 Å². The summed E-state index contributed by atoms with van der Waals surface area (Å²) >= 11 is 7.51. The minimum Gasteiger partial charge on any atom is -0.485 e. The number of rotatable bonds is 6. The second-order valence-corrected chi connectivity index (χ2v) is 6.16. The summed E-state index contributed by atoms with van der Waals surface area (Å²) in [7, 11) is 0. The summed E-state index contributed by atoms with van der Waals surface area (Å²) in [5, 5.41) is 14.2. The minimum atomic E-state index is -0.979.